The molecule has 2 N–H and O–H groups in total. The van der Waals surface area contributed by atoms with E-state index < -0.39 is 4.92 Å². The fourth-order valence-electron chi connectivity index (χ4n) is 3.65. The molecule has 11 nitrogen and oxygen atoms in total. The molecule has 0 atom stereocenters. The molecule has 0 unspecified atom stereocenters. The van der Waals surface area contributed by atoms with Crippen molar-refractivity contribution in [1.29, 1.82) is 0 Å². The second-order valence-corrected chi connectivity index (χ2v) is 7.30. The Morgan fingerprint density at radius 1 is 1.12 bits per heavy atom. The van der Waals surface area contributed by atoms with Gasteiger partial charge < -0.3 is 20.4 Å². The standard InChI is InChI=1S/C21H18N8O3/c30-20-17-19(26-18(25-17)13-9-10-16(23-12-13)29(31)32)27-21(24-15-8-4-5-11-22-15)28(20)14-6-2-1-3-7-14/h4-6,8-12H,1-3,7H2,(H,25,26)(H,22,24,27). The highest BCUT2D eigenvalue weighted by Crippen LogP contribution is 2.26. The van der Waals surface area contributed by atoms with Gasteiger partial charge in [0.15, 0.2) is 17.4 Å². The van der Waals surface area contributed by atoms with Crippen LogP contribution in [0.2, 0.25) is 0 Å². The second kappa shape index (κ2) is 8.02. The van der Waals surface area contributed by atoms with Gasteiger partial charge >= 0.3 is 5.82 Å². The summed E-state index contributed by atoms with van der Waals surface area (Å²) in [4.78, 5) is 43.9. The van der Waals surface area contributed by atoms with E-state index in [4.69, 9.17) is 0 Å². The van der Waals surface area contributed by atoms with Crippen molar-refractivity contribution in [3.05, 3.63) is 69.3 Å². The summed E-state index contributed by atoms with van der Waals surface area (Å²) >= 11 is 0. The Kier molecular flexibility index (Phi) is 4.90. The van der Waals surface area contributed by atoms with Crippen LogP contribution in [0.15, 0.2) is 53.6 Å². The molecule has 4 aromatic heterocycles. The van der Waals surface area contributed by atoms with E-state index >= 15 is 0 Å². The third-order valence-corrected chi connectivity index (χ3v) is 5.19. The second-order valence-electron chi connectivity index (χ2n) is 7.30. The minimum atomic E-state index is -0.573. The van der Waals surface area contributed by atoms with Crippen LogP contribution >= 0.6 is 0 Å². The molecule has 0 saturated heterocycles. The quantitative estimate of drug-likeness (QED) is 0.361. The van der Waals surface area contributed by atoms with E-state index in [9.17, 15) is 14.9 Å². The van der Waals surface area contributed by atoms with Crippen LogP contribution in [-0.4, -0.2) is 34.4 Å². The van der Waals surface area contributed by atoms with Gasteiger partial charge in [-0.05, 0) is 53.8 Å². The normalized spacial score (nSPS) is 13.7. The first kappa shape index (κ1) is 19.5. The lowest BCUT2D eigenvalue weighted by molar-refractivity contribution is -0.389. The van der Waals surface area contributed by atoms with Crippen LogP contribution < -0.4 is 10.9 Å². The van der Waals surface area contributed by atoms with Gasteiger partial charge in [0, 0.05) is 18.0 Å². The number of aromatic nitrogens is 6. The Bertz CT molecular complexity index is 1390. The molecule has 0 fully saturated rings. The zero-order valence-electron chi connectivity index (χ0n) is 16.9. The summed E-state index contributed by atoms with van der Waals surface area (Å²) in [6, 6.07) is 8.24. The van der Waals surface area contributed by atoms with E-state index in [2.05, 4.69) is 36.3 Å². The van der Waals surface area contributed by atoms with Crippen molar-refractivity contribution in [3.8, 4) is 11.4 Å². The monoisotopic (exact) mass is 430 g/mol. The molecule has 0 spiro atoms. The Morgan fingerprint density at radius 2 is 2.03 bits per heavy atom. The molecule has 1 aliphatic rings. The fourth-order valence-corrected chi connectivity index (χ4v) is 3.65. The van der Waals surface area contributed by atoms with Gasteiger partial charge in [0.25, 0.3) is 5.56 Å². The Morgan fingerprint density at radius 3 is 2.72 bits per heavy atom. The summed E-state index contributed by atoms with van der Waals surface area (Å²) in [6.45, 7) is 0. The van der Waals surface area contributed by atoms with Crippen molar-refractivity contribution in [2.45, 2.75) is 25.7 Å². The SMILES string of the molecule is O=c1c2nc(-c3ccc([N+](=O)[O-])nc3)[nH]c2nc(Nc2ccccn2)n1C1=CCCCC1. The topological polar surface area (TPSA) is 145 Å². The van der Waals surface area contributed by atoms with Crippen LogP contribution in [0.25, 0.3) is 28.2 Å². The zero-order chi connectivity index (χ0) is 22.1. The van der Waals surface area contributed by atoms with Gasteiger partial charge in [-0.15, -0.1) is 0 Å². The summed E-state index contributed by atoms with van der Waals surface area (Å²) in [5, 5.41) is 14.0. The summed E-state index contributed by atoms with van der Waals surface area (Å²) in [5.41, 5.74) is 1.55. The lowest BCUT2D eigenvalue weighted by Gasteiger charge is -2.18. The number of anilines is 2. The Hall–Kier alpha value is -4.41. The van der Waals surface area contributed by atoms with Crippen LogP contribution in [0.5, 0.6) is 0 Å². The predicted octanol–water partition coefficient (Wildman–Crippen LogP) is 3.64. The van der Waals surface area contributed by atoms with Crippen LogP contribution in [0, 0.1) is 10.1 Å². The minimum Gasteiger partial charge on any atom is -0.358 e. The lowest BCUT2D eigenvalue weighted by Crippen LogP contribution is -2.24. The molecule has 0 saturated carbocycles. The van der Waals surface area contributed by atoms with Crippen LogP contribution in [0.1, 0.15) is 25.7 Å². The number of aromatic amines is 1. The number of hydrogen-bond acceptors (Lipinski definition) is 8. The summed E-state index contributed by atoms with van der Waals surface area (Å²) in [6.07, 6.45) is 8.76. The molecule has 0 bridgehead atoms. The number of nitrogens with zero attached hydrogens (tertiary/aromatic N) is 6. The molecule has 1 aliphatic carbocycles. The average Bonchev–Trinajstić information content (AvgIpc) is 3.25. The Balaban J connectivity index is 1.65. The van der Waals surface area contributed by atoms with Gasteiger partial charge in [0.2, 0.25) is 5.95 Å². The highest BCUT2D eigenvalue weighted by molar-refractivity contribution is 5.78. The maximum Gasteiger partial charge on any atom is 0.363 e. The van der Waals surface area contributed by atoms with E-state index in [1.165, 1.54) is 18.3 Å². The third kappa shape index (κ3) is 3.60. The van der Waals surface area contributed by atoms with E-state index in [0.29, 0.717) is 28.8 Å². The largest absolute Gasteiger partial charge is 0.363 e. The summed E-state index contributed by atoms with van der Waals surface area (Å²) in [5.74, 6) is 0.983. The molecular weight excluding hydrogens is 412 g/mol. The maximum absolute atomic E-state index is 13.5. The molecule has 0 aliphatic heterocycles. The van der Waals surface area contributed by atoms with Gasteiger partial charge in [0.05, 0.1) is 5.56 Å². The van der Waals surface area contributed by atoms with Crippen LogP contribution in [0.4, 0.5) is 17.6 Å². The molecule has 0 amide bonds. The molecule has 0 aromatic carbocycles. The number of H-pyrrole nitrogens is 1. The zero-order valence-corrected chi connectivity index (χ0v) is 16.9. The molecule has 5 rings (SSSR count). The van der Waals surface area contributed by atoms with Crippen molar-refractivity contribution in [3.63, 3.8) is 0 Å². The van der Waals surface area contributed by atoms with Crippen molar-refractivity contribution >= 4 is 34.4 Å². The van der Waals surface area contributed by atoms with Crippen molar-refractivity contribution in [2.24, 2.45) is 0 Å². The molecular formula is C21H18N8O3. The Labute approximate surface area is 181 Å². The van der Waals surface area contributed by atoms with Gasteiger partial charge in [-0.3, -0.25) is 4.79 Å². The van der Waals surface area contributed by atoms with E-state index in [1.54, 1.807) is 22.9 Å². The number of nitro groups is 1. The summed E-state index contributed by atoms with van der Waals surface area (Å²) < 4.78 is 1.55. The molecule has 32 heavy (non-hydrogen) atoms. The number of pyridine rings is 2. The lowest BCUT2D eigenvalue weighted by atomic mass is 10.0. The van der Waals surface area contributed by atoms with Gasteiger partial charge in [0.1, 0.15) is 11.6 Å². The van der Waals surface area contributed by atoms with Gasteiger partial charge in [-0.25, -0.2) is 14.5 Å². The van der Waals surface area contributed by atoms with E-state index in [0.717, 1.165) is 31.4 Å². The molecule has 11 heteroatoms. The summed E-state index contributed by atoms with van der Waals surface area (Å²) in [7, 11) is 0. The highest BCUT2D eigenvalue weighted by Gasteiger charge is 2.20. The number of imidazole rings is 1. The van der Waals surface area contributed by atoms with Crippen molar-refractivity contribution in [1.82, 2.24) is 29.5 Å². The first-order valence-corrected chi connectivity index (χ1v) is 10.1. The van der Waals surface area contributed by atoms with Crippen LogP contribution in [0.3, 0.4) is 0 Å². The smallest absolute Gasteiger partial charge is 0.358 e. The number of hydrogen-bond donors (Lipinski definition) is 2. The molecule has 0 radical (unpaired) electrons. The number of fused-ring (bicyclic) bond motifs is 1. The van der Waals surface area contributed by atoms with Crippen molar-refractivity contribution in [2.75, 3.05) is 5.32 Å². The van der Waals surface area contributed by atoms with Gasteiger partial charge in [-0.2, -0.15) is 4.98 Å². The first-order valence-electron chi connectivity index (χ1n) is 10.1. The minimum absolute atomic E-state index is 0.177. The first-order chi connectivity index (χ1) is 15.6. The molecule has 4 heterocycles. The predicted molar refractivity (Wildman–Crippen MR) is 118 cm³/mol. The third-order valence-electron chi connectivity index (χ3n) is 5.19. The number of rotatable bonds is 5. The number of nitrogens with one attached hydrogen (secondary N) is 2. The van der Waals surface area contributed by atoms with E-state index in [-0.39, 0.29) is 16.9 Å². The maximum atomic E-state index is 13.5. The van der Waals surface area contributed by atoms with Crippen LogP contribution in [-0.2, 0) is 0 Å². The molecule has 160 valence electrons. The average molecular weight is 430 g/mol. The fraction of sp³-hybridized carbons (Fsp3) is 0.190. The van der Waals surface area contributed by atoms with E-state index in [1.807, 2.05) is 6.07 Å². The highest BCUT2D eigenvalue weighted by atomic mass is 16.6. The number of allylic oxidation sites excluding steroid dienone is 2. The molecule has 4 aromatic rings. The van der Waals surface area contributed by atoms with Gasteiger partial charge in [-0.1, -0.05) is 12.1 Å². The van der Waals surface area contributed by atoms with Crippen molar-refractivity contribution < 1.29 is 4.92 Å².